The molecule has 0 aromatic heterocycles. The molecule has 108 valence electrons. The molecule has 4 heteroatoms. The van der Waals surface area contributed by atoms with Crippen LogP contribution < -0.4 is 10.6 Å². The van der Waals surface area contributed by atoms with E-state index in [0.717, 1.165) is 5.56 Å². The van der Waals surface area contributed by atoms with Crippen molar-refractivity contribution in [3.63, 3.8) is 0 Å². The van der Waals surface area contributed by atoms with Crippen LogP contribution in [0.15, 0.2) is 48.5 Å². The Labute approximate surface area is 124 Å². The summed E-state index contributed by atoms with van der Waals surface area (Å²) in [6.45, 7) is 3.69. The van der Waals surface area contributed by atoms with Crippen LogP contribution in [0.4, 0.5) is 11.4 Å². The molecule has 0 unspecified atom stereocenters. The molecule has 0 bridgehead atoms. The SMILES string of the molecule is CCC(=O)Nc1cccc(NC(=O)c2ccccc2C)c1. The van der Waals surface area contributed by atoms with E-state index in [4.69, 9.17) is 0 Å². The first kappa shape index (κ1) is 14.8. The fourth-order valence-corrected chi connectivity index (χ4v) is 1.95. The molecule has 0 saturated heterocycles. The quantitative estimate of drug-likeness (QED) is 0.900. The van der Waals surface area contributed by atoms with Crippen molar-refractivity contribution in [1.29, 1.82) is 0 Å². The number of anilines is 2. The van der Waals surface area contributed by atoms with Gasteiger partial charge in [0.1, 0.15) is 0 Å². The summed E-state index contributed by atoms with van der Waals surface area (Å²) in [4.78, 5) is 23.6. The Morgan fingerprint density at radius 2 is 1.62 bits per heavy atom. The van der Waals surface area contributed by atoms with Gasteiger partial charge in [-0.3, -0.25) is 9.59 Å². The van der Waals surface area contributed by atoms with Crippen LogP contribution in [0.5, 0.6) is 0 Å². The van der Waals surface area contributed by atoms with Crippen LogP contribution in [-0.2, 0) is 4.79 Å². The predicted octanol–water partition coefficient (Wildman–Crippen LogP) is 3.60. The van der Waals surface area contributed by atoms with Gasteiger partial charge in [0.25, 0.3) is 5.91 Å². The van der Waals surface area contributed by atoms with Crippen LogP contribution in [0.2, 0.25) is 0 Å². The van der Waals surface area contributed by atoms with Crippen molar-refractivity contribution in [1.82, 2.24) is 0 Å². The summed E-state index contributed by atoms with van der Waals surface area (Å²) in [6, 6.07) is 14.5. The molecule has 0 fully saturated rings. The van der Waals surface area contributed by atoms with E-state index >= 15 is 0 Å². The Kier molecular flexibility index (Phi) is 4.72. The van der Waals surface area contributed by atoms with Gasteiger partial charge in [0.2, 0.25) is 5.91 Å². The molecule has 2 N–H and O–H groups in total. The average molecular weight is 282 g/mol. The van der Waals surface area contributed by atoms with Crippen molar-refractivity contribution in [2.75, 3.05) is 10.6 Å². The van der Waals surface area contributed by atoms with Gasteiger partial charge in [0.05, 0.1) is 0 Å². The van der Waals surface area contributed by atoms with Crippen molar-refractivity contribution in [3.05, 3.63) is 59.7 Å². The van der Waals surface area contributed by atoms with E-state index in [9.17, 15) is 9.59 Å². The molecule has 0 spiro atoms. The molecule has 0 radical (unpaired) electrons. The summed E-state index contributed by atoms with van der Waals surface area (Å²) in [6.07, 6.45) is 0.416. The van der Waals surface area contributed by atoms with Gasteiger partial charge in [-0.2, -0.15) is 0 Å². The molecular formula is C17H18N2O2. The number of aryl methyl sites for hydroxylation is 1. The third-order valence-electron chi connectivity index (χ3n) is 3.12. The minimum absolute atomic E-state index is 0.0580. The standard InChI is InChI=1S/C17H18N2O2/c1-3-16(20)18-13-8-6-9-14(11-13)19-17(21)15-10-5-4-7-12(15)2/h4-11H,3H2,1-2H3,(H,18,20)(H,19,21). The highest BCUT2D eigenvalue weighted by atomic mass is 16.2. The average Bonchev–Trinajstić information content (AvgIpc) is 2.47. The topological polar surface area (TPSA) is 58.2 Å². The van der Waals surface area contributed by atoms with Crippen LogP contribution in [-0.4, -0.2) is 11.8 Å². The number of hydrogen-bond acceptors (Lipinski definition) is 2. The maximum Gasteiger partial charge on any atom is 0.255 e. The van der Waals surface area contributed by atoms with Gasteiger partial charge in [0, 0.05) is 23.4 Å². The first-order chi connectivity index (χ1) is 10.1. The monoisotopic (exact) mass is 282 g/mol. The second kappa shape index (κ2) is 6.70. The zero-order valence-corrected chi connectivity index (χ0v) is 12.1. The molecular weight excluding hydrogens is 264 g/mol. The molecule has 0 aliphatic heterocycles. The molecule has 0 heterocycles. The highest BCUT2D eigenvalue weighted by Crippen LogP contribution is 2.17. The van der Waals surface area contributed by atoms with Gasteiger partial charge in [-0.25, -0.2) is 0 Å². The van der Waals surface area contributed by atoms with Crippen molar-refractivity contribution in [3.8, 4) is 0 Å². The van der Waals surface area contributed by atoms with E-state index in [1.165, 1.54) is 0 Å². The highest BCUT2D eigenvalue weighted by molar-refractivity contribution is 6.05. The maximum atomic E-state index is 12.2. The number of amides is 2. The van der Waals surface area contributed by atoms with E-state index in [1.807, 2.05) is 25.1 Å². The molecule has 4 nitrogen and oxygen atoms in total. The van der Waals surface area contributed by atoms with Crippen molar-refractivity contribution < 1.29 is 9.59 Å². The van der Waals surface area contributed by atoms with Gasteiger partial charge in [-0.1, -0.05) is 31.2 Å². The zero-order chi connectivity index (χ0) is 15.2. The highest BCUT2D eigenvalue weighted by Gasteiger charge is 2.09. The first-order valence-electron chi connectivity index (χ1n) is 6.87. The summed E-state index contributed by atoms with van der Waals surface area (Å²) in [5.74, 6) is -0.218. The van der Waals surface area contributed by atoms with E-state index < -0.39 is 0 Å². The Morgan fingerprint density at radius 3 is 2.29 bits per heavy atom. The summed E-state index contributed by atoms with van der Waals surface area (Å²) in [5, 5.41) is 5.61. The molecule has 2 aromatic carbocycles. The molecule has 0 saturated carbocycles. The predicted molar refractivity (Wildman–Crippen MR) is 84.5 cm³/mol. The Hall–Kier alpha value is -2.62. The number of rotatable bonds is 4. The van der Waals surface area contributed by atoms with Crippen molar-refractivity contribution in [2.24, 2.45) is 0 Å². The molecule has 0 atom stereocenters. The van der Waals surface area contributed by atoms with Gasteiger partial charge in [-0.15, -0.1) is 0 Å². The minimum Gasteiger partial charge on any atom is -0.326 e. The van der Waals surface area contributed by atoms with Crippen LogP contribution in [0.3, 0.4) is 0 Å². The number of hydrogen-bond donors (Lipinski definition) is 2. The van der Waals surface area contributed by atoms with Crippen LogP contribution in [0, 0.1) is 6.92 Å². The molecule has 0 aliphatic carbocycles. The lowest BCUT2D eigenvalue weighted by Gasteiger charge is -2.09. The number of nitrogens with one attached hydrogen (secondary N) is 2. The second-order valence-corrected chi connectivity index (χ2v) is 4.75. The molecule has 2 rings (SSSR count). The van der Waals surface area contributed by atoms with E-state index in [1.54, 1.807) is 37.3 Å². The minimum atomic E-state index is -0.160. The van der Waals surface area contributed by atoms with Crippen molar-refractivity contribution in [2.45, 2.75) is 20.3 Å². The first-order valence-corrected chi connectivity index (χ1v) is 6.87. The molecule has 21 heavy (non-hydrogen) atoms. The van der Waals surface area contributed by atoms with Crippen LogP contribution in [0.1, 0.15) is 29.3 Å². The second-order valence-electron chi connectivity index (χ2n) is 4.75. The largest absolute Gasteiger partial charge is 0.326 e. The lowest BCUT2D eigenvalue weighted by Crippen LogP contribution is -2.14. The van der Waals surface area contributed by atoms with E-state index in [2.05, 4.69) is 10.6 Å². The Balaban J connectivity index is 2.13. The van der Waals surface area contributed by atoms with Crippen LogP contribution >= 0.6 is 0 Å². The van der Waals surface area contributed by atoms with Gasteiger partial charge < -0.3 is 10.6 Å². The Morgan fingerprint density at radius 1 is 0.952 bits per heavy atom. The summed E-state index contributed by atoms with van der Waals surface area (Å²) < 4.78 is 0. The summed E-state index contributed by atoms with van der Waals surface area (Å²) in [7, 11) is 0. The van der Waals surface area contributed by atoms with E-state index in [-0.39, 0.29) is 11.8 Å². The Bertz CT molecular complexity index is 665. The number of carbonyl (C=O) groups excluding carboxylic acids is 2. The van der Waals surface area contributed by atoms with Crippen molar-refractivity contribution >= 4 is 23.2 Å². The van der Waals surface area contributed by atoms with E-state index in [0.29, 0.717) is 23.4 Å². The summed E-state index contributed by atoms with van der Waals surface area (Å²) in [5.41, 5.74) is 2.88. The summed E-state index contributed by atoms with van der Waals surface area (Å²) >= 11 is 0. The lowest BCUT2D eigenvalue weighted by atomic mass is 10.1. The molecule has 2 aromatic rings. The maximum absolute atomic E-state index is 12.2. The fourth-order valence-electron chi connectivity index (χ4n) is 1.95. The van der Waals surface area contributed by atoms with Gasteiger partial charge >= 0.3 is 0 Å². The zero-order valence-electron chi connectivity index (χ0n) is 12.1. The van der Waals surface area contributed by atoms with Crippen LogP contribution in [0.25, 0.3) is 0 Å². The fraction of sp³-hybridized carbons (Fsp3) is 0.176. The molecule has 0 aliphatic rings. The molecule has 2 amide bonds. The smallest absolute Gasteiger partial charge is 0.255 e. The number of benzene rings is 2. The normalized spacial score (nSPS) is 10.0. The lowest BCUT2D eigenvalue weighted by molar-refractivity contribution is -0.115. The van der Waals surface area contributed by atoms with Gasteiger partial charge in [0.15, 0.2) is 0 Å². The van der Waals surface area contributed by atoms with Gasteiger partial charge in [-0.05, 0) is 36.8 Å². The third kappa shape index (κ3) is 3.92. The number of carbonyl (C=O) groups is 2. The third-order valence-corrected chi connectivity index (χ3v) is 3.12.